The van der Waals surface area contributed by atoms with Crippen LogP contribution in [0.25, 0.3) is 0 Å². The molecule has 1 aliphatic heterocycles. The van der Waals surface area contributed by atoms with Crippen LogP contribution in [-0.2, 0) is 22.7 Å². The second-order valence-electron chi connectivity index (χ2n) is 8.47. The van der Waals surface area contributed by atoms with Crippen molar-refractivity contribution in [3.8, 4) is 6.07 Å². The molecule has 2 aromatic rings. The molecular weight excluding hydrogens is 397 g/mol. The highest BCUT2D eigenvalue weighted by Crippen LogP contribution is 2.37. The van der Waals surface area contributed by atoms with Crippen LogP contribution in [-0.4, -0.2) is 27.7 Å². The van der Waals surface area contributed by atoms with Crippen LogP contribution in [0.1, 0.15) is 60.4 Å². The van der Waals surface area contributed by atoms with E-state index in [1.54, 1.807) is 12.3 Å². The summed E-state index contributed by atoms with van der Waals surface area (Å²) < 4.78 is 13.7. The Hall–Kier alpha value is -2.82. The van der Waals surface area contributed by atoms with Crippen LogP contribution in [0, 0.1) is 29.0 Å². The van der Waals surface area contributed by atoms with Gasteiger partial charge in [-0.25, -0.2) is 9.45 Å². The molecular formula is C24H26FN3O3. The average Bonchev–Trinajstić information content (AvgIpc) is 3.29. The highest BCUT2D eigenvalue weighted by molar-refractivity contribution is 5.78. The Morgan fingerprint density at radius 1 is 1.16 bits per heavy atom. The van der Waals surface area contributed by atoms with Crippen LogP contribution in [0.4, 0.5) is 4.39 Å². The van der Waals surface area contributed by atoms with Crippen LogP contribution < -0.4 is 0 Å². The molecule has 1 saturated carbocycles. The molecule has 7 heteroatoms. The molecule has 2 aliphatic rings. The molecule has 6 nitrogen and oxygen atoms in total. The third kappa shape index (κ3) is 4.92. The summed E-state index contributed by atoms with van der Waals surface area (Å²) in [5, 5.41) is 19.9. The third-order valence-electron chi connectivity index (χ3n) is 6.32. The van der Waals surface area contributed by atoms with Gasteiger partial charge in [-0.3, -0.25) is 14.6 Å². The summed E-state index contributed by atoms with van der Waals surface area (Å²) >= 11 is 0. The van der Waals surface area contributed by atoms with Gasteiger partial charge in [-0.1, -0.05) is 6.07 Å². The highest BCUT2D eigenvalue weighted by atomic mass is 19.1. The first-order valence-corrected chi connectivity index (χ1v) is 10.8. The minimum absolute atomic E-state index is 0.00312. The van der Waals surface area contributed by atoms with E-state index >= 15 is 0 Å². The largest absolute Gasteiger partial charge is 0.392 e. The molecule has 0 radical (unpaired) electrons. The van der Waals surface area contributed by atoms with Crippen LogP contribution in [0.15, 0.2) is 36.7 Å². The Kier molecular flexibility index (Phi) is 6.59. The van der Waals surface area contributed by atoms with Gasteiger partial charge in [-0.2, -0.15) is 5.26 Å². The highest BCUT2D eigenvalue weighted by Gasteiger charge is 2.37. The Bertz CT molecular complexity index is 982. The zero-order valence-corrected chi connectivity index (χ0v) is 17.3. The van der Waals surface area contributed by atoms with Gasteiger partial charge in [0.2, 0.25) is 5.91 Å². The molecule has 4 rings (SSSR count). The summed E-state index contributed by atoms with van der Waals surface area (Å²) in [7, 11) is 0. The van der Waals surface area contributed by atoms with E-state index in [1.165, 1.54) is 23.4 Å². The number of rotatable bonds is 5. The van der Waals surface area contributed by atoms with Gasteiger partial charge in [0.05, 0.1) is 24.8 Å². The normalized spacial score (nSPS) is 23.5. The SMILES string of the molecule is N#Cc1cncc([C@@H]2CCON2C(=O)[C@H]2CC[C@H](Cc3cc(F)cc(CO)c3)CC2)c1. The number of carbonyl (C=O) groups excluding carboxylic acids is 1. The van der Waals surface area contributed by atoms with Crippen molar-refractivity contribution >= 4 is 5.91 Å². The second-order valence-corrected chi connectivity index (χ2v) is 8.47. The van der Waals surface area contributed by atoms with Gasteiger partial charge in [-0.05, 0) is 72.9 Å². The van der Waals surface area contributed by atoms with Gasteiger partial charge in [-0.15, -0.1) is 0 Å². The summed E-state index contributed by atoms with van der Waals surface area (Å²) in [5.41, 5.74) is 2.78. The molecule has 162 valence electrons. The summed E-state index contributed by atoms with van der Waals surface area (Å²) in [4.78, 5) is 23.0. The van der Waals surface area contributed by atoms with Crippen molar-refractivity contribution in [3.63, 3.8) is 0 Å². The van der Waals surface area contributed by atoms with Gasteiger partial charge < -0.3 is 5.11 Å². The molecule has 1 saturated heterocycles. The summed E-state index contributed by atoms with van der Waals surface area (Å²) in [5.74, 6) is -0.0251. The third-order valence-corrected chi connectivity index (χ3v) is 6.32. The van der Waals surface area contributed by atoms with E-state index in [2.05, 4.69) is 11.1 Å². The number of carbonyl (C=O) groups is 1. The van der Waals surface area contributed by atoms with Crippen molar-refractivity contribution in [3.05, 3.63) is 64.7 Å². The Labute approximate surface area is 181 Å². The number of hydroxylamine groups is 2. The van der Waals surface area contributed by atoms with Crippen molar-refractivity contribution in [1.82, 2.24) is 10.0 Å². The topological polar surface area (TPSA) is 86.5 Å². The molecule has 2 heterocycles. The monoisotopic (exact) mass is 423 g/mol. The predicted molar refractivity (Wildman–Crippen MR) is 111 cm³/mol. The number of aromatic nitrogens is 1. The number of hydrogen-bond donors (Lipinski definition) is 1. The van der Waals surface area contributed by atoms with Crippen molar-refractivity contribution in [2.75, 3.05) is 6.61 Å². The minimum Gasteiger partial charge on any atom is -0.392 e. The number of amides is 1. The number of aliphatic hydroxyl groups is 1. The van der Waals surface area contributed by atoms with Crippen molar-refractivity contribution < 1.29 is 19.1 Å². The van der Waals surface area contributed by atoms with E-state index in [0.717, 1.165) is 43.2 Å². The zero-order valence-electron chi connectivity index (χ0n) is 17.3. The molecule has 1 aromatic heterocycles. The first-order chi connectivity index (χ1) is 15.1. The molecule has 31 heavy (non-hydrogen) atoms. The van der Waals surface area contributed by atoms with E-state index in [9.17, 15) is 14.3 Å². The number of pyridine rings is 1. The molecule has 1 aliphatic carbocycles. The molecule has 2 fully saturated rings. The fraction of sp³-hybridized carbons (Fsp3) is 0.458. The maximum atomic E-state index is 13.7. The molecule has 1 amide bonds. The smallest absolute Gasteiger partial charge is 0.249 e. The van der Waals surface area contributed by atoms with Crippen LogP contribution >= 0.6 is 0 Å². The number of aliphatic hydroxyl groups excluding tert-OH is 1. The summed E-state index contributed by atoms with van der Waals surface area (Å²) in [6, 6.07) is 8.38. The number of nitriles is 1. The Balaban J connectivity index is 1.36. The van der Waals surface area contributed by atoms with Crippen LogP contribution in [0.3, 0.4) is 0 Å². The van der Waals surface area contributed by atoms with Gasteiger partial charge in [0, 0.05) is 24.7 Å². The summed E-state index contributed by atoms with van der Waals surface area (Å²) in [6.45, 7) is 0.297. The van der Waals surface area contributed by atoms with Crippen molar-refractivity contribution in [2.45, 2.75) is 51.2 Å². The maximum absolute atomic E-state index is 13.7. The van der Waals surface area contributed by atoms with E-state index in [4.69, 9.17) is 10.1 Å². The second kappa shape index (κ2) is 9.54. The average molecular weight is 423 g/mol. The first kappa shape index (κ1) is 21.4. The molecule has 0 spiro atoms. The molecule has 0 unspecified atom stereocenters. The number of hydrogen-bond acceptors (Lipinski definition) is 5. The molecule has 1 N–H and O–H groups in total. The van der Waals surface area contributed by atoms with Crippen LogP contribution in [0.5, 0.6) is 0 Å². The lowest BCUT2D eigenvalue weighted by atomic mass is 9.78. The zero-order chi connectivity index (χ0) is 21.8. The van der Waals surface area contributed by atoms with Gasteiger partial charge in [0.25, 0.3) is 0 Å². The molecule has 0 bridgehead atoms. The van der Waals surface area contributed by atoms with E-state index < -0.39 is 0 Å². The maximum Gasteiger partial charge on any atom is 0.249 e. The quantitative estimate of drug-likeness (QED) is 0.790. The lowest BCUT2D eigenvalue weighted by Gasteiger charge is -2.32. The molecule has 1 aromatic carbocycles. The fourth-order valence-electron chi connectivity index (χ4n) is 4.74. The predicted octanol–water partition coefficient (Wildman–Crippen LogP) is 3.84. The standard InChI is InChI=1S/C24H26FN3O3/c25-22-10-17(8-18(11-22)15-29)7-16-1-3-20(4-2-16)24(30)28-23(5-6-31-28)21-9-19(12-26)13-27-14-21/h8-11,13-14,16,20,23,29H,1-7,15H2/t16-,20-,23-/m0/s1. The Morgan fingerprint density at radius 2 is 1.94 bits per heavy atom. The number of halogens is 1. The minimum atomic E-state index is -0.322. The van der Waals surface area contributed by atoms with Gasteiger partial charge in [0.1, 0.15) is 11.9 Å². The van der Waals surface area contributed by atoms with E-state index in [1.807, 2.05) is 6.07 Å². The summed E-state index contributed by atoms with van der Waals surface area (Å²) in [6.07, 6.45) is 7.97. The van der Waals surface area contributed by atoms with Crippen molar-refractivity contribution in [1.29, 1.82) is 5.26 Å². The van der Waals surface area contributed by atoms with E-state index in [-0.39, 0.29) is 30.3 Å². The first-order valence-electron chi connectivity index (χ1n) is 10.8. The number of benzene rings is 1. The molecule has 1 atom stereocenters. The van der Waals surface area contributed by atoms with Gasteiger partial charge >= 0.3 is 0 Å². The number of nitrogens with zero attached hydrogens (tertiary/aromatic N) is 3. The van der Waals surface area contributed by atoms with Crippen molar-refractivity contribution in [2.24, 2.45) is 11.8 Å². The van der Waals surface area contributed by atoms with Crippen LogP contribution in [0.2, 0.25) is 0 Å². The lowest BCUT2D eigenvalue weighted by Crippen LogP contribution is -2.36. The lowest BCUT2D eigenvalue weighted by molar-refractivity contribution is -0.183. The van der Waals surface area contributed by atoms with Gasteiger partial charge in [0.15, 0.2) is 0 Å². The van der Waals surface area contributed by atoms with E-state index in [0.29, 0.717) is 30.1 Å². The fourth-order valence-corrected chi connectivity index (χ4v) is 4.74. The Morgan fingerprint density at radius 3 is 2.68 bits per heavy atom.